The number of fused-ring (bicyclic) bond motifs is 1. The molecule has 3 heterocycles. The summed E-state index contributed by atoms with van der Waals surface area (Å²) < 4.78 is 2.02. The maximum atomic E-state index is 4.55. The SMILES string of the molecule is Cc1cccc(-c2c(C)nc3cnccn23)n1. The van der Waals surface area contributed by atoms with Crippen LogP contribution in [0.25, 0.3) is 17.0 Å². The zero-order valence-corrected chi connectivity index (χ0v) is 9.75. The molecule has 4 heteroatoms. The Bertz CT molecular complexity index is 685. The maximum Gasteiger partial charge on any atom is 0.156 e. The van der Waals surface area contributed by atoms with Crippen LogP contribution in [0.2, 0.25) is 0 Å². The van der Waals surface area contributed by atoms with Crippen LogP contribution < -0.4 is 0 Å². The van der Waals surface area contributed by atoms with E-state index in [2.05, 4.69) is 15.0 Å². The van der Waals surface area contributed by atoms with Gasteiger partial charge in [0.15, 0.2) is 5.65 Å². The molecule has 84 valence electrons. The zero-order valence-electron chi connectivity index (χ0n) is 9.75. The molecule has 0 N–H and O–H groups in total. The molecular weight excluding hydrogens is 212 g/mol. The van der Waals surface area contributed by atoms with Crippen LogP contribution in [-0.4, -0.2) is 19.4 Å². The molecule has 3 rings (SSSR count). The van der Waals surface area contributed by atoms with Crippen molar-refractivity contribution in [2.75, 3.05) is 0 Å². The Hall–Kier alpha value is -2.23. The quantitative estimate of drug-likeness (QED) is 0.637. The first-order chi connectivity index (χ1) is 8.25. The van der Waals surface area contributed by atoms with E-state index in [1.807, 2.05) is 42.6 Å². The van der Waals surface area contributed by atoms with Crippen molar-refractivity contribution < 1.29 is 0 Å². The van der Waals surface area contributed by atoms with Crippen LogP contribution in [0.1, 0.15) is 11.4 Å². The molecule has 0 aliphatic heterocycles. The Labute approximate surface area is 99.0 Å². The van der Waals surface area contributed by atoms with Gasteiger partial charge in [0.05, 0.1) is 23.3 Å². The van der Waals surface area contributed by atoms with Gasteiger partial charge in [0.1, 0.15) is 0 Å². The molecule has 3 aromatic rings. The first-order valence-corrected chi connectivity index (χ1v) is 5.48. The topological polar surface area (TPSA) is 43.1 Å². The number of aromatic nitrogens is 4. The number of pyridine rings is 1. The molecule has 0 saturated carbocycles. The van der Waals surface area contributed by atoms with Crippen LogP contribution in [0.5, 0.6) is 0 Å². The molecule has 0 saturated heterocycles. The molecule has 4 nitrogen and oxygen atoms in total. The van der Waals surface area contributed by atoms with E-state index in [1.54, 1.807) is 12.4 Å². The van der Waals surface area contributed by atoms with Crippen molar-refractivity contribution in [1.82, 2.24) is 19.4 Å². The predicted octanol–water partition coefficient (Wildman–Crippen LogP) is 2.41. The van der Waals surface area contributed by atoms with Crippen LogP contribution in [0.3, 0.4) is 0 Å². The number of rotatable bonds is 1. The van der Waals surface area contributed by atoms with Crippen molar-refractivity contribution in [2.24, 2.45) is 0 Å². The average Bonchev–Trinajstić information content (AvgIpc) is 2.64. The van der Waals surface area contributed by atoms with Crippen LogP contribution in [-0.2, 0) is 0 Å². The molecule has 0 unspecified atom stereocenters. The summed E-state index contributed by atoms with van der Waals surface area (Å²) in [5, 5.41) is 0. The van der Waals surface area contributed by atoms with Gasteiger partial charge in [-0.25, -0.2) is 4.98 Å². The monoisotopic (exact) mass is 224 g/mol. The van der Waals surface area contributed by atoms with Gasteiger partial charge in [-0.1, -0.05) is 6.07 Å². The van der Waals surface area contributed by atoms with E-state index in [0.29, 0.717) is 0 Å². The van der Waals surface area contributed by atoms with Gasteiger partial charge >= 0.3 is 0 Å². The Morgan fingerprint density at radius 1 is 1.12 bits per heavy atom. The molecule has 0 bridgehead atoms. The van der Waals surface area contributed by atoms with Crippen LogP contribution in [0, 0.1) is 13.8 Å². The number of nitrogens with zero attached hydrogens (tertiary/aromatic N) is 4. The number of hydrogen-bond donors (Lipinski definition) is 0. The second-order valence-electron chi connectivity index (χ2n) is 4.01. The minimum atomic E-state index is 0.850. The molecule has 0 atom stereocenters. The Morgan fingerprint density at radius 3 is 2.82 bits per heavy atom. The first kappa shape index (κ1) is 9.96. The summed E-state index contributed by atoms with van der Waals surface area (Å²) in [4.78, 5) is 13.1. The van der Waals surface area contributed by atoms with E-state index in [9.17, 15) is 0 Å². The molecule has 3 aromatic heterocycles. The third-order valence-electron chi connectivity index (χ3n) is 2.74. The number of imidazole rings is 1. The lowest BCUT2D eigenvalue weighted by Gasteiger charge is -2.02. The third kappa shape index (κ3) is 1.58. The van der Waals surface area contributed by atoms with Gasteiger partial charge in [-0.3, -0.25) is 14.4 Å². The van der Waals surface area contributed by atoms with E-state index >= 15 is 0 Å². The van der Waals surface area contributed by atoms with Crippen molar-refractivity contribution in [1.29, 1.82) is 0 Å². The average molecular weight is 224 g/mol. The smallest absolute Gasteiger partial charge is 0.156 e. The fourth-order valence-electron chi connectivity index (χ4n) is 2.01. The van der Waals surface area contributed by atoms with E-state index in [4.69, 9.17) is 0 Å². The molecule has 0 aliphatic carbocycles. The first-order valence-electron chi connectivity index (χ1n) is 5.48. The second kappa shape index (κ2) is 3.66. The summed E-state index contributed by atoms with van der Waals surface area (Å²) in [7, 11) is 0. The Balaban J connectivity index is 2.33. The van der Waals surface area contributed by atoms with Crippen molar-refractivity contribution in [3.05, 3.63) is 48.2 Å². The molecule has 0 amide bonds. The summed E-state index contributed by atoms with van der Waals surface area (Å²) >= 11 is 0. The summed E-state index contributed by atoms with van der Waals surface area (Å²) in [6.45, 7) is 3.98. The third-order valence-corrected chi connectivity index (χ3v) is 2.74. The molecular formula is C13H12N4. The summed E-state index contributed by atoms with van der Waals surface area (Å²) in [5.74, 6) is 0. The van der Waals surface area contributed by atoms with Gasteiger partial charge in [0.25, 0.3) is 0 Å². The zero-order chi connectivity index (χ0) is 11.8. The van der Waals surface area contributed by atoms with Crippen molar-refractivity contribution in [2.45, 2.75) is 13.8 Å². The highest BCUT2D eigenvalue weighted by Gasteiger charge is 2.11. The minimum Gasteiger partial charge on any atom is -0.295 e. The lowest BCUT2D eigenvalue weighted by molar-refractivity contribution is 1.11. The second-order valence-corrected chi connectivity index (χ2v) is 4.01. The maximum absolute atomic E-state index is 4.55. The van der Waals surface area contributed by atoms with E-state index in [1.165, 1.54) is 0 Å². The van der Waals surface area contributed by atoms with Crippen molar-refractivity contribution in [3.63, 3.8) is 0 Å². The summed E-state index contributed by atoms with van der Waals surface area (Å²) in [6.07, 6.45) is 5.42. The normalized spacial score (nSPS) is 10.9. The molecule has 0 radical (unpaired) electrons. The molecule has 0 fully saturated rings. The van der Waals surface area contributed by atoms with E-state index < -0.39 is 0 Å². The molecule has 0 aromatic carbocycles. The van der Waals surface area contributed by atoms with Gasteiger partial charge in [-0.05, 0) is 26.0 Å². The van der Waals surface area contributed by atoms with Crippen LogP contribution in [0.15, 0.2) is 36.8 Å². The Morgan fingerprint density at radius 2 is 2.00 bits per heavy atom. The highest BCUT2D eigenvalue weighted by atomic mass is 15.0. The van der Waals surface area contributed by atoms with Gasteiger partial charge in [0, 0.05) is 18.1 Å². The van der Waals surface area contributed by atoms with Gasteiger partial charge < -0.3 is 0 Å². The van der Waals surface area contributed by atoms with Crippen molar-refractivity contribution >= 4 is 5.65 Å². The van der Waals surface area contributed by atoms with Gasteiger partial charge in [-0.15, -0.1) is 0 Å². The number of hydrogen-bond acceptors (Lipinski definition) is 3. The van der Waals surface area contributed by atoms with Crippen LogP contribution >= 0.6 is 0 Å². The van der Waals surface area contributed by atoms with Crippen LogP contribution in [0.4, 0.5) is 0 Å². The van der Waals surface area contributed by atoms with Gasteiger partial charge in [0.2, 0.25) is 0 Å². The largest absolute Gasteiger partial charge is 0.295 e. The fourth-order valence-corrected chi connectivity index (χ4v) is 2.01. The lowest BCUT2D eigenvalue weighted by Crippen LogP contribution is -1.93. The lowest BCUT2D eigenvalue weighted by atomic mass is 10.2. The molecule has 0 spiro atoms. The highest BCUT2D eigenvalue weighted by molar-refractivity contribution is 5.63. The van der Waals surface area contributed by atoms with Gasteiger partial charge in [-0.2, -0.15) is 0 Å². The predicted molar refractivity (Wildman–Crippen MR) is 65.7 cm³/mol. The molecule has 0 aliphatic rings. The molecule has 17 heavy (non-hydrogen) atoms. The Kier molecular flexibility index (Phi) is 2.14. The minimum absolute atomic E-state index is 0.850. The van der Waals surface area contributed by atoms with E-state index in [-0.39, 0.29) is 0 Å². The fraction of sp³-hybridized carbons (Fsp3) is 0.154. The standard InChI is InChI=1S/C13H12N4/c1-9-4-3-5-11(15-9)13-10(2)16-12-8-14-6-7-17(12)13/h3-8H,1-2H3. The highest BCUT2D eigenvalue weighted by Crippen LogP contribution is 2.22. The van der Waals surface area contributed by atoms with Crippen molar-refractivity contribution in [3.8, 4) is 11.4 Å². The summed E-state index contributed by atoms with van der Waals surface area (Å²) in [5.41, 5.74) is 4.80. The number of aryl methyl sites for hydroxylation is 2. The van der Waals surface area contributed by atoms with E-state index in [0.717, 1.165) is 28.4 Å². The summed E-state index contributed by atoms with van der Waals surface area (Å²) in [6, 6.07) is 6.01.